The maximum absolute atomic E-state index is 10.4. The molecule has 2 rings (SSSR count). The molecule has 16 heavy (non-hydrogen) atoms. The van der Waals surface area contributed by atoms with Crippen LogP contribution in [0.1, 0.15) is 0 Å². The molecule has 84 valence electrons. The molecular weight excluding hydrogens is 208 g/mol. The third-order valence-electron chi connectivity index (χ3n) is 2.36. The number of nitrogens with one attached hydrogen (secondary N) is 1. The van der Waals surface area contributed by atoms with E-state index in [0.29, 0.717) is 24.6 Å². The van der Waals surface area contributed by atoms with Crippen LogP contribution in [0.2, 0.25) is 0 Å². The van der Waals surface area contributed by atoms with Crippen LogP contribution in [0.5, 0.6) is 0 Å². The van der Waals surface area contributed by atoms with Crippen LogP contribution in [-0.4, -0.2) is 18.0 Å². The molecule has 1 aromatic rings. The summed E-state index contributed by atoms with van der Waals surface area (Å²) in [5.41, 5.74) is 7.16. The molecule has 1 heterocycles. The van der Waals surface area contributed by atoms with Crippen molar-refractivity contribution in [2.45, 2.75) is 0 Å². The topological polar surface area (TPSA) is 84.4 Å². The van der Waals surface area contributed by atoms with Crippen LogP contribution in [0, 0.1) is 10.1 Å². The monoisotopic (exact) mass is 220 g/mol. The van der Waals surface area contributed by atoms with Gasteiger partial charge in [-0.15, -0.1) is 0 Å². The van der Waals surface area contributed by atoms with Crippen LogP contribution in [0.15, 0.2) is 36.3 Å². The van der Waals surface area contributed by atoms with Gasteiger partial charge in [0.25, 0.3) is 6.20 Å². The third-order valence-corrected chi connectivity index (χ3v) is 2.36. The summed E-state index contributed by atoms with van der Waals surface area (Å²) in [6.07, 6.45) is 0.976. The van der Waals surface area contributed by atoms with E-state index in [1.54, 1.807) is 12.1 Å². The minimum Gasteiger partial charge on any atom is -0.399 e. The number of rotatable bonds is 2. The molecule has 3 N–H and O–H groups in total. The van der Waals surface area contributed by atoms with Crippen molar-refractivity contribution in [3.63, 3.8) is 0 Å². The molecule has 1 aliphatic heterocycles. The molecule has 0 radical (unpaired) electrons. The van der Waals surface area contributed by atoms with Gasteiger partial charge >= 0.3 is 0 Å². The van der Waals surface area contributed by atoms with Crippen LogP contribution in [0.3, 0.4) is 0 Å². The minimum absolute atomic E-state index is 0.460. The van der Waals surface area contributed by atoms with Gasteiger partial charge in [-0.2, -0.15) is 0 Å². The summed E-state index contributed by atoms with van der Waals surface area (Å²) in [6, 6.07) is 7.24. The van der Waals surface area contributed by atoms with Gasteiger partial charge in [0.1, 0.15) is 0 Å². The summed E-state index contributed by atoms with van der Waals surface area (Å²) >= 11 is 0. The maximum Gasteiger partial charge on any atom is 0.274 e. The summed E-state index contributed by atoms with van der Waals surface area (Å²) in [5.74, 6) is 0.509. The number of anilines is 2. The van der Waals surface area contributed by atoms with Crippen molar-refractivity contribution >= 4 is 11.4 Å². The Labute approximate surface area is 92.5 Å². The van der Waals surface area contributed by atoms with Crippen molar-refractivity contribution in [1.82, 2.24) is 5.32 Å². The van der Waals surface area contributed by atoms with E-state index in [9.17, 15) is 10.1 Å². The van der Waals surface area contributed by atoms with E-state index >= 15 is 0 Å². The molecule has 0 atom stereocenters. The second kappa shape index (κ2) is 4.09. The zero-order valence-corrected chi connectivity index (χ0v) is 8.59. The Bertz CT molecular complexity index is 427. The second-order valence-corrected chi connectivity index (χ2v) is 3.47. The van der Waals surface area contributed by atoms with Gasteiger partial charge < -0.3 is 16.0 Å². The molecule has 0 aromatic heterocycles. The Morgan fingerprint density at radius 3 is 2.75 bits per heavy atom. The van der Waals surface area contributed by atoms with Gasteiger partial charge in [0.05, 0.1) is 4.92 Å². The van der Waals surface area contributed by atoms with Crippen LogP contribution in [0.4, 0.5) is 11.4 Å². The van der Waals surface area contributed by atoms with Crippen molar-refractivity contribution in [2.75, 3.05) is 23.7 Å². The first-order valence-corrected chi connectivity index (χ1v) is 4.89. The SMILES string of the molecule is Nc1ccc(N2CCNC2=C[N+](=O)[O-])cc1. The molecule has 1 saturated heterocycles. The summed E-state index contributed by atoms with van der Waals surface area (Å²) in [6.45, 7) is 1.41. The molecule has 1 fully saturated rings. The highest BCUT2D eigenvalue weighted by Gasteiger charge is 2.20. The fourth-order valence-electron chi connectivity index (χ4n) is 1.65. The van der Waals surface area contributed by atoms with E-state index < -0.39 is 4.92 Å². The highest BCUT2D eigenvalue weighted by molar-refractivity contribution is 5.57. The predicted octanol–water partition coefficient (Wildman–Crippen LogP) is 0.754. The van der Waals surface area contributed by atoms with E-state index in [-0.39, 0.29) is 0 Å². The highest BCUT2D eigenvalue weighted by Crippen LogP contribution is 2.21. The van der Waals surface area contributed by atoms with Crippen molar-refractivity contribution in [1.29, 1.82) is 0 Å². The number of nitrogens with two attached hydrogens (primary N) is 1. The van der Waals surface area contributed by atoms with Gasteiger partial charge in [-0.1, -0.05) is 0 Å². The van der Waals surface area contributed by atoms with Crippen LogP contribution < -0.4 is 16.0 Å². The Kier molecular flexibility index (Phi) is 2.63. The summed E-state index contributed by atoms with van der Waals surface area (Å²) in [5, 5.41) is 13.4. The Morgan fingerprint density at radius 1 is 1.44 bits per heavy atom. The van der Waals surface area contributed by atoms with Gasteiger partial charge in [-0.05, 0) is 24.3 Å². The second-order valence-electron chi connectivity index (χ2n) is 3.47. The summed E-state index contributed by atoms with van der Waals surface area (Å²) in [4.78, 5) is 11.8. The first kappa shape index (κ1) is 10.3. The van der Waals surface area contributed by atoms with Crippen molar-refractivity contribution in [3.05, 3.63) is 46.4 Å². The third kappa shape index (κ3) is 2.05. The number of nitrogens with zero attached hydrogens (tertiary/aromatic N) is 2. The van der Waals surface area contributed by atoms with Crippen molar-refractivity contribution in [2.24, 2.45) is 0 Å². The van der Waals surface area contributed by atoms with Crippen LogP contribution in [-0.2, 0) is 0 Å². The average molecular weight is 220 g/mol. The standard InChI is InChI=1S/C10H12N4O2/c11-8-1-3-9(4-2-8)13-6-5-12-10(13)7-14(15)16/h1-4,7,12H,5-6,11H2. The number of hydrogen-bond acceptors (Lipinski definition) is 5. The van der Waals surface area contributed by atoms with E-state index in [2.05, 4.69) is 5.32 Å². The predicted molar refractivity (Wildman–Crippen MR) is 61.3 cm³/mol. The zero-order valence-electron chi connectivity index (χ0n) is 8.59. The van der Waals surface area contributed by atoms with E-state index in [0.717, 1.165) is 11.9 Å². The lowest BCUT2D eigenvalue weighted by atomic mass is 10.2. The fourth-order valence-corrected chi connectivity index (χ4v) is 1.65. The lowest BCUT2D eigenvalue weighted by molar-refractivity contribution is -0.403. The smallest absolute Gasteiger partial charge is 0.274 e. The normalized spacial score (nSPS) is 17.5. The largest absolute Gasteiger partial charge is 0.399 e. The molecule has 0 unspecified atom stereocenters. The van der Waals surface area contributed by atoms with Gasteiger partial charge in [0, 0.05) is 24.5 Å². The fraction of sp³-hybridized carbons (Fsp3) is 0.200. The number of hydrogen-bond donors (Lipinski definition) is 2. The molecule has 0 bridgehead atoms. The molecular formula is C10H12N4O2. The Morgan fingerprint density at radius 2 is 2.12 bits per heavy atom. The Balaban J connectivity index is 2.26. The van der Waals surface area contributed by atoms with Crippen molar-refractivity contribution in [3.8, 4) is 0 Å². The molecule has 0 saturated carbocycles. The lowest BCUT2D eigenvalue weighted by Crippen LogP contribution is -2.20. The summed E-state index contributed by atoms with van der Waals surface area (Å²) < 4.78 is 0. The van der Waals surface area contributed by atoms with Gasteiger partial charge in [-0.25, -0.2) is 0 Å². The Hall–Kier alpha value is -2.24. The average Bonchev–Trinajstić information content (AvgIpc) is 2.66. The van der Waals surface area contributed by atoms with Crippen LogP contribution in [0.25, 0.3) is 0 Å². The molecule has 1 aromatic carbocycles. The first-order chi connectivity index (χ1) is 7.66. The van der Waals surface area contributed by atoms with Crippen LogP contribution >= 0.6 is 0 Å². The van der Waals surface area contributed by atoms with Crippen molar-refractivity contribution < 1.29 is 4.92 Å². The number of nitrogen functional groups attached to an aromatic ring is 1. The van der Waals surface area contributed by atoms with Gasteiger partial charge in [0.2, 0.25) is 0 Å². The molecule has 0 aliphatic carbocycles. The zero-order chi connectivity index (χ0) is 11.5. The maximum atomic E-state index is 10.4. The molecule has 6 heteroatoms. The molecule has 0 spiro atoms. The first-order valence-electron chi connectivity index (χ1n) is 4.89. The minimum atomic E-state index is -0.460. The van der Waals surface area contributed by atoms with Gasteiger partial charge in [0.15, 0.2) is 5.82 Å². The van der Waals surface area contributed by atoms with E-state index in [1.807, 2.05) is 17.0 Å². The lowest BCUT2D eigenvalue weighted by Gasteiger charge is -2.17. The van der Waals surface area contributed by atoms with E-state index in [4.69, 9.17) is 5.73 Å². The molecule has 1 aliphatic rings. The quantitative estimate of drug-likeness (QED) is 0.436. The van der Waals surface area contributed by atoms with E-state index in [1.165, 1.54) is 0 Å². The number of benzene rings is 1. The molecule has 0 amide bonds. The van der Waals surface area contributed by atoms with Gasteiger partial charge in [-0.3, -0.25) is 10.1 Å². The highest BCUT2D eigenvalue weighted by atomic mass is 16.6. The summed E-state index contributed by atoms with van der Waals surface area (Å²) in [7, 11) is 0. The number of nitro groups is 1. The molecule has 6 nitrogen and oxygen atoms in total.